The SMILES string of the molecule is Nc1ccc(Nc2ccccc2C(F)(F)F)c2ccc(Cl)cc12. The summed E-state index contributed by atoms with van der Waals surface area (Å²) in [6.07, 6.45) is -4.43. The molecular formula is C17H12ClF3N2. The zero-order chi connectivity index (χ0) is 16.6. The average molecular weight is 337 g/mol. The van der Waals surface area contributed by atoms with Crippen LogP contribution in [0, 0.1) is 0 Å². The lowest BCUT2D eigenvalue weighted by atomic mass is 10.1. The molecule has 0 aromatic heterocycles. The standard InChI is InChI=1S/C17H12ClF3N2/c18-10-5-6-11-12(9-10)14(22)7-8-15(11)23-16-4-2-1-3-13(16)17(19,20)21/h1-9,23H,22H2. The third-order valence-corrected chi connectivity index (χ3v) is 3.75. The number of fused-ring (bicyclic) bond motifs is 1. The number of rotatable bonds is 2. The molecule has 118 valence electrons. The summed E-state index contributed by atoms with van der Waals surface area (Å²) in [4.78, 5) is 0. The van der Waals surface area contributed by atoms with E-state index >= 15 is 0 Å². The first kappa shape index (κ1) is 15.5. The molecule has 3 rings (SSSR count). The van der Waals surface area contributed by atoms with Crippen molar-refractivity contribution in [2.75, 3.05) is 11.1 Å². The van der Waals surface area contributed by atoms with Gasteiger partial charge in [0.1, 0.15) is 0 Å². The Balaban J connectivity index is 2.12. The predicted octanol–water partition coefficient (Wildman–Crippen LogP) is 5.84. The number of nitrogen functional groups attached to an aromatic ring is 1. The Morgan fingerprint density at radius 1 is 0.870 bits per heavy atom. The van der Waals surface area contributed by atoms with Crippen molar-refractivity contribution in [1.29, 1.82) is 0 Å². The summed E-state index contributed by atoms with van der Waals surface area (Å²) in [6, 6.07) is 13.7. The van der Waals surface area contributed by atoms with Gasteiger partial charge in [-0.3, -0.25) is 0 Å². The van der Waals surface area contributed by atoms with Gasteiger partial charge >= 0.3 is 6.18 Å². The van der Waals surface area contributed by atoms with Gasteiger partial charge < -0.3 is 11.1 Å². The van der Waals surface area contributed by atoms with E-state index in [9.17, 15) is 13.2 Å². The maximum absolute atomic E-state index is 13.1. The fraction of sp³-hybridized carbons (Fsp3) is 0.0588. The minimum atomic E-state index is -4.43. The zero-order valence-electron chi connectivity index (χ0n) is 11.8. The normalized spacial score (nSPS) is 11.7. The summed E-state index contributed by atoms with van der Waals surface area (Å²) in [5, 5.41) is 4.75. The molecule has 3 N–H and O–H groups in total. The monoisotopic (exact) mass is 336 g/mol. The van der Waals surface area contributed by atoms with Crippen LogP contribution in [0.25, 0.3) is 10.8 Å². The highest BCUT2D eigenvalue weighted by atomic mass is 35.5. The van der Waals surface area contributed by atoms with Crippen LogP contribution in [0.15, 0.2) is 54.6 Å². The number of anilines is 3. The minimum absolute atomic E-state index is 0.0129. The molecule has 0 saturated carbocycles. The molecule has 3 aromatic rings. The second-order valence-electron chi connectivity index (χ2n) is 5.06. The van der Waals surface area contributed by atoms with E-state index in [2.05, 4.69) is 5.32 Å². The van der Waals surface area contributed by atoms with Crippen LogP contribution >= 0.6 is 11.6 Å². The Morgan fingerprint density at radius 2 is 1.61 bits per heavy atom. The van der Waals surface area contributed by atoms with Gasteiger partial charge in [0.05, 0.1) is 11.3 Å². The second-order valence-corrected chi connectivity index (χ2v) is 5.50. The number of alkyl halides is 3. The van der Waals surface area contributed by atoms with Crippen molar-refractivity contribution in [3.05, 3.63) is 65.2 Å². The van der Waals surface area contributed by atoms with Gasteiger partial charge in [-0.2, -0.15) is 13.2 Å². The van der Waals surface area contributed by atoms with E-state index in [1.165, 1.54) is 12.1 Å². The Kier molecular flexibility index (Phi) is 3.82. The predicted molar refractivity (Wildman–Crippen MR) is 88.1 cm³/mol. The molecule has 0 amide bonds. The first-order valence-electron chi connectivity index (χ1n) is 6.77. The van der Waals surface area contributed by atoms with Gasteiger partial charge in [-0.1, -0.05) is 29.8 Å². The molecule has 23 heavy (non-hydrogen) atoms. The number of halogens is 4. The highest BCUT2D eigenvalue weighted by Crippen LogP contribution is 2.38. The summed E-state index contributed by atoms with van der Waals surface area (Å²) in [5.41, 5.74) is 6.23. The highest BCUT2D eigenvalue weighted by Gasteiger charge is 2.33. The average Bonchev–Trinajstić information content (AvgIpc) is 2.50. The molecule has 0 heterocycles. The maximum Gasteiger partial charge on any atom is 0.418 e. The largest absolute Gasteiger partial charge is 0.418 e. The third kappa shape index (κ3) is 3.05. The van der Waals surface area contributed by atoms with E-state index < -0.39 is 11.7 Å². The first-order chi connectivity index (χ1) is 10.9. The number of hydrogen-bond donors (Lipinski definition) is 2. The number of nitrogens with one attached hydrogen (secondary N) is 1. The van der Waals surface area contributed by atoms with Crippen molar-refractivity contribution in [2.24, 2.45) is 0 Å². The summed E-state index contributed by atoms with van der Waals surface area (Å²) in [7, 11) is 0. The van der Waals surface area contributed by atoms with Gasteiger partial charge in [0.2, 0.25) is 0 Å². The Labute approximate surface area is 135 Å². The molecule has 0 atom stereocenters. The Morgan fingerprint density at radius 3 is 2.35 bits per heavy atom. The summed E-state index contributed by atoms with van der Waals surface area (Å²) >= 11 is 5.96. The highest BCUT2D eigenvalue weighted by molar-refractivity contribution is 6.31. The summed E-state index contributed by atoms with van der Waals surface area (Å²) < 4.78 is 39.3. The molecular weight excluding hydrogens is 325 g/mol. The van der Waals surface area contributed by atoms with Crippen molar-refractivity contribution in [3.8, 4) is 0 Å². The van der Waals surface area contributed by atoms with Crippen LogP contribution in [-0.2, 0) is 6.18 Å². The van der Waals surface area contributed by atoms with E-state index in [-0.39, 0.29) is 5.69 Å². The first-order valence-corrected chi connectivity index (χ1v) is 7.15. The van der Waals surface area contributed by atoms with Crippen molar-refractivity contribution in [3.63, 3.8) is 0 Å². The van der Waals surface area contributed by atoms with Crippen molar-refractivity contribution in [1.82, 2.24) is 0 Å². The molecule has 0 fully saturated rings. The second kappa shape index (κ2) is 5.66. The molecule has 0 bridgehead atoms. The fourth-order valence-corrected chi connectivity index (χ4v) is 2.61. The fourth-order valence-electron chi connectivity index (χ4n) is 2.44. The Bertz CT molecular complexity index is 875. The molecule has 0 saturated heterocycles. The summed E-state index contributed by atoms with van der Waals surface area (Å²) in [5.74, 6) is 0. The van der Waals surface area contributed by atoms with Crippen molar-refractivity contribution < 1.29 is 13.2 Å². The van der Waals surface area contributed by atoms with E-state index in [1.54, 1.807) is 36.4 Å². The molecule has 0 aliphatic carbocycles. The topological polar surface area (TPSA) is 38.0 Å². The van der Waals surface area contributed by atoms with Gasteiger partial charge in [-0.15, -0.1) is 0 Å². The molecule has 6 heteroatoms. The smallest absolute Gasteiger partial charge is 0.398 e. The van der Waals surface area contributed by atoms with Crippen molar-refractivity contribution in [2.45, 2.75) is 6.18 Å². The van der Waals surface area contributed by atoms with Crippen LogP contribution in [0.5, 0.6) is 0 Å². The van der Waals surface area contributed by atoms with E-state index in [4.69, 9.17) is 17.3 Å². The lowest BCUT2D eigenvalue weighted by molar-refractivity contribution is -0.136. The van der Waals surface area contributed by atoms with Crippen LogP contribution < -0.4 is 11.1 Å². The molecule has 0 aliphatic rings. The molecule has 0 unspecified atom stereocenters. The number of nitrogens with two attached hydrogens (primary N) is 1. The molecule has 0 radical (unpaired) electrons. The van der Waals surface area contributed by atoms with E-state index in [1.807, 2.05) is 0 Å². The quantitative estimate of drug-likeness (QED) is 0.577. The maximum atomic E-state index is 13.1. The molecule has 3 aromatic carbocycles. The van der Waals surface area contributed by atoms with Crippen LogP contribution in [-0.4, -0.2) is 0 Å². The van der Waals surface area contributed by atoms with E-state index in [0.717, 1.165) is 6.07 Å². The van der Waals surface area contributed by atoms with Crippen LogP contribution in [0.3, 0.4) is 0 Å². The molecule has 2 nitrogen and oxygen atoms in total. The van der Waals surface area contributed by atoms with Gasteiger partial charge in [-0.25, -0.2) is 0 Å². The number of hydrogen-bond acceptors (Lipinski definition) is 2. The van der Waals surface area contributed by atoms with Gasteiger partial charge in [0, 0.05) is 27.2 Å². The molecule has 0 aliphatic heterocycles. The van der Waals surface area contributed by atoms with Gasteiger partial charge in [0.25, 0.3) is 0 Å². The van der Waals surface area contributed by atoms with Crippen LogP contribution in [0.1, 0.15) is 5.56 Å². The van der Waals surface area contributed by atoms with Crippen LogP contribution in [0.4, 0.5) is 30.2 Å². The number of benzene rings is 3. The van der Waals surface area contributed by atoms with Crippen molar-refractivity contribution >= 4 is 39.4 Å². The zero-order valence-corrected chi connectivity index (χ0v) is 12.5. The lowest BCUT2D eigenvalue weighted by Gasteiger charge is -2.16. The minimum Gasteiger partial charge on any atom is -0.398 e. The van der Waals surface area contributed by atoms with E-state index in [0.29, 0.717) is 27.2 Å². The van der Waals surface area contributed by atoms with Gasteiger partial charge in [-0.05, 0) is 36.4 Å². The lowest BCUT2D eigenvalue weighted by Crippen LogP contribution is -2.08. The Hall–Kier alpha value is -2.40. The molecule has 0 spiro atoms. The van der Waals surface area contributed by atoms with Crippen LogP contribution in [0.2, 0.25) is 5.02 Å². The summed E-state index contributed by atoms with van der Waals surface area (Å²) in [6.45, 7) is 0. The third-order valence-electron chi connectivity index (χ3n) is 3.51. The van der Waals surface area contributed by atoms with Gasteiger partial charge in [0.15, 0.2) is 0 Å². The number of para-hydroxylation sites is 1.